The largest absolute Gasteiger partial charge is 0.497 e. The summed E-state index contributed by atoms with van der Waals surface area (Å²) < 4.78 is 10.7. The summed E-state index contributed by atoms with van der Waals surface area (Å²) in [4.78, 5) is 21.1. The third-order valence-electron chi connectivity index (χ3n) is 6.64. The van der Waals surface area contributed by atoms with Crippen LogP contribution in [0, 0.1) is 0 Å². The highest BCUT2D eigenvalue weighted by Crippen LogP contribution is 2.41. The Labute approximate surface area is 207 Å². The van der Waals surface area contributed by atoms with Crippen LogP contribution in [0.5, 0.6) is 5.75 Å². The number of nitrogens with zero attached hydrogens (tertiary/aromatic N) is 3. The second-order valence-electron chi connectivity index (χ2n) is 8.38. The van der Waals surface area contributed by atoms with Gasteiger partial charge in [-0.1, -0.05) is 25.0 Å². The van der Waals surface area contributed by atoms with E-state index in [-0.39, 0.29) is 35.3 Å². The van der Waals surface area contributed by atoms with Crippen LogP contribution in [0.15, 0.2) is 52.1 Å². The Bertz CT molecular complexity index is 902. The van der Waals surface area contributed by atoms with E-state index < -0.39 is 0 Å². The molecule has 0 unspecified atom stereocenters. The van der Waals surface area contributed by atoms with Gasteiger partial charge in [-0.2, -0.15) is 0 Å². The van der Waals surface area contributed by atoms with Crippen LogP contribution in [0.25, 0.3) is 0 Å². The van der Waals surface area contributed by atoms with Gasteiger partial charge in [0.1, 0.15) is 5.75 Å². The van der Waals surface area contributed by atoms with Crippen LogP contribution in [0.1, 0.15) is 41.8 Å². The Balaban J connectivity index is 0.00000289. The Morgan fingerprint density at radius 1 is 1.12 bits per heavy atom. The quantitative estimate of drug-likeness (QED) is 0.348. The lowest BCUT2D eigenvalue weighted by atomic mass is 9.78. The molecule has 1 saturated carbocycles. The SMILES string of the molecule is CN=C(NCC1(c2cccc(OC)c2)CCCC1)N1CCN(C(=O)c2ccco2)CC1.I. The number of carbonyl (C=O) groups excluding carboxylic acids is 1. The summed E-state index contributed by atoms with van der Waals surface area (Å²) in [6.07, 6.45) is 6.34. The Kier molecular flexibility index (Phi) is 8.44. The van der Waals surface area contributed by atoms with Crippen molar-refractivity contribution >= 4 is 35.8 Å². The van der Waals surface area contributed by atoms with Crippen molar-refractivity contribution in [3.05, 3.63) is 54.0 Å². The number of halogens is 1. The number of amides is 1. The van der Waals surface area contributed by atoms with Crippen LogP contribution in [-0.2, 0) is 5.41 Å². The molecule has 4 rings (SSSR count). The Morgan fingerprint density at radius 3 is 2.47 bits per heavy atom. The topological polar surface area (TPSA) is 70.3 Å². The first kappa shape index (κ1) is 24.4. The maximum absolute atomic E-state index is 12.5. The Hall–Kier alpha value is -2.23. The number of hydrogen-bond donors (Lipinski definition) is 1. The van der Waals surface area contributed by atoms with E-state index in [9.17, 15) is 4.79 Å². The molecule has 8 heteroatoms. The van der Waals surface area contributed by atoms with Gasteiger partial charge in [0.2, 0.25) is 0 Å². The average Bonchev–Trinajstić information content (AvgIpc) is 3.53. The van der Waals surface area contributed by atoms with E-state index in [1.165, 1.54) is 24.7 Å². The number of benzene rings is 1. The molecule has 7 nitrogen and oxygen atoms in total. The fourth-order valence-corrected chi connectivity index (χ4v) is 4.83. The normalized spacial score (nSPS) is 18.2. The summed E-state index contributed by atoms with van der Waals surface area (Å²) in [6.45, 7) is 3.65. The minimum Gasteiger partial charge on any atom is -0.497 e. The maximum Gasteiger partial charge on any atom is 0.289 e. The first-order valence-electron chi connectivity index (χ1n) is 11.1. The molecular weight excluding hydrogens is 519 g/mol. The number of nitrogens with one attached hydrogen (secondary N) is 1. The predicted octanol–water partition coefficient (Wildman–Crippen LogP) is 3.75. The molecule has 2 aliphatic rings. The van der Waals surface area contributed by atoms with Crippen molar-refractivity contribution in [2.45, 2.75) is 31.1 Å². The molecule has 2 fully saturated rings. The third-order valence-corrected chi connectivity index (χ3v) is 6.64. The smallest absolute Gasteiger partial charge is 0.289 e. The molecular formula is C24H33IN4O3. The summed E-state index contributed by atoms with van der Waals surface area (Å²) in [5, 5.41) is 3.64. The number of rotatable bonds is 5. The molecule has 1 N–H and O–H groups in total. The number of piperazine rings is 1. The van der Waals surface area contributed by atoms with Gasteiger partial charge < -0.3 is 24.3 Å². The zero-order valence-corrected chi connectivity index (χ0v) is 21.2. The van der Waals surface area contributed by atoms with Gasteiger partial charge in [0.15, 0.2) is 11.7 Å². The van der Waals surface area contributed by atoms with E-state index >= 15 is 0 Å². The summed E-state index contributed by atoms with van der Waals surface area (Å²) in [5.74, 6) is 2.16. The second-order valence-corrected chi connectivity index (χ2v) is 8.38. The second kappa shape index (κ2) is 11.1. The molecule has 1 aliphatic heterocycles. The zero-order chi connectivity index (χ0) is 21.7. The highest BCUT2D eigenvalue weighted by Gasteiger charge is 2.36. The fraction of sp³-hybridized carbons (Fsp3) is 0.500. The van der Waals surface area contributed by atoms with Crippen molar-refractivity contribution in [2.75, 3.05) is 46.9 Å². The van der Waals surface area contributed by atoms with Crippen molar-refractivity contribution < 1.29 is 13.9 Å². The van der Waals surface area contributed by atoms with Crippen molar-refractivity contribution in [3.63, 3.8) is 0 Å². The number of aliphatic imine (C=N–C) groups is 1. The van der Waals surface area contributed by atoms with Gasteiger partial charge in [-0.05, 0) is 42.7 Å². The van der Waals surface area contributed by atoms with Gasteiger partial charge >= 0.3 is 0 Å². The van der Waals surface area contributed by atoms with Gasteiger partial charge in [0, 0.05) is 45.2 Å². The molecule has 1 aromatic heterocycles. The molecule has 174 valence electrons. The highest BCUT2D eigenvalue weighted by molar-refractivity contribution is 14.0. The first-order chi connectivity index (χ1) is 15.1. The minimum atomic E-state index is -0.0458. The van der Waals surface area contributed by atoms with E-state index in [1.807, 2.05) is 18.0 Å². The number of methoxy groups -OCH3 is 1. The summed E-state index contributed by atoms with van der Waals surface area (Å²) in [7, 11) is 3.55. The monoisotopic (exact) mass is 552 g/mol. The van der Waals surface area contributed by atoms with E-state index in [2.05, 4.69) is 33.4 Å². The van der Waals surface area contributed by atoms with Gasteiger partial charge in [-0.25, -0.2) is 0 Å². The zero-order valence-electron chi connectivity index (χ0n) is 18.9. The lowest BCUT2D eigenvalue weighted by Crippen LogP contribution is -2.55. The van der Waals surface area contributed by atoms with Gasteiger partial charge in [0.05, 0.1) is 13.4 Å². The molecule has 1 aliphatic carbocycles. The molecule has 1 aromatic carbocycles. The third kappa shape index (κ3) is 5.22. The van der Waals surface area contributed by atoms with Gasteiger partial charge in [-0.3, -0.25) is 9.79 Å². The molecule has 2 heterocycles. The number of carbonyl (C=O) groups is 1. The van der Waals surface area contributed by atoms with E-state index in [4.69, 9.17) is 9.15 Å². The molecule has 1 amide bonds. The molecule has 1 saturated heterocycles. The molecule has 0 radical (unpaired) electrons. The highest BCUT2D eigenvalue weighted by atomic mass is 127. The fourth-order valence-electron chi connectivity index (χ4n) is 4.83. The van der Waals surface area contributed by atoms with Crippen LogP contribution < -0.4 is 10.1 Å². The number of hydrogen-bond acceptors (Lipinski definition) is 4. The van der Waals surface area contributed by atoms with Crippen molar-refractivity contribution in [1.29, 1.82) is 0 Å². The van der Waals surface area contributed by atoms with Gasteiger partial charge in [0.25, 0.3) is 5.91 Å². The molecule has 2 aromatic rings. The number of ether oxygens (including phenoxy) is 1. The first-order valence-corrected chi connectivity index (χ1v) is 11.1. The maximum atomic E-state index is 12.5. The summed E-state index contributed by atoms with van der Waals surface area (Å²) >= 11 is 0. The number of guanidine groups is 1. The molecule has 0 bridgehead atoms. The van der Waals surface area contributed by atoms with Gasteiger partial charge in [-0.15, -0.1) is 24.0 Å². The van der Waals surface area contributed by atoms with Crippen LogP contribution in [0.3, 0.4) is 0 Å². The van der Waals surface area contributed by atoms with E-state index in [0.717, 1.165) is 44.2 Å². The average molecular weight is 552 g/mol. The Morgan fingerprint density at radius 2 is 1.84 bits per heavy atom. The van der Waals surface area contributed by atoms with Crippen LogP contribution in [0.4, 0.5) is 0 Å². The predicted molar refractivity (Wildman–Crippen MR) is 136 cm³/mol. The lowest BCUT2D eigenvalue weighted by molar-refractivity contribution is 0.0657. The molecule has 0 spiro atoms. The van der Waals surface area contributed by atoms with Crippen molar-refractivity contribution in [3.8, 4) is 5.75 Å². The van der Waals surface area contributed by atoms with Crippen LogP contribution in [0.2, 0.25) is 0 Å². The molecule has 32 heavy (non-hydrogen) atoms. The minimum absolute atomic E-state index is 0. The van der Waals surface area contributed by atoms with Crippen molar-refractivity contribution in [2.24, 2.45) is 4.99 Å². The van der Waals surface area contributed by atoms with E-state index in [1.54, 1.807) is 19.2 Å². The van der Waals surface area contributed by atoms with Crippen LogP contribution in [-0.4, -0.2) is 68.5 Å². The standard InChI is InChI=1S/C24H32N4O3.HI/c1-25-23(28-14-12-27(13-15-28)22(29)21-9-6-16-31-21)26-18-24(10-3-4-11-24)19-7-5-8-20(17-19)30-2;/h5-9,16-17H,3-4,10-15,18H2,1-2H3,(H,25,26);1H. The van der Waals surface area contributed by atoms with Crippen LogP contribution >= 0.6 is 24.0 Å². The lowest BCUT2D eigenvalue weighted by Gasteiger charge is -2.38. The van der Waals surface area contributed by atoms with Crippen molar-refractivity contribution in [1.82, 2.24) is 15.1 Å². The molecule has 0 atom stereocenters. The summed E-state index contributed by atoms with van der Waals surface area (Å²) in [5.41, 5.74) is 1.43. The summed E-state index contributed by atoms with van der Waals surface area (Å²) in [6, 6.07) is 11.9. The number of furan rings is 1. The van der Waals surface area contributed by atoms with E-state index in [0.29, 0.717) is 18.8 Å².